The molecular weight excluding hydrogens is 297 g/mol. The third-order valence-corrected chi connectivity index (χ3v) is 4.09. The van der Waals surface area contributed by atoms with Gasteiger partial charge in [0.15, 0.2) is 0 Å². The molecule has 0 bridgehead atoms. The van der Waals surface area contributed by atoms with Crippen molar-refractivity contribution < 1.29 is 5.11 Å². The summed E-state index contributed by atoms with van der Waals surface area (Å²) in [6.07, 6.45) is 1.39. The molecule has 0 aliphatic heterocycles. The third-order valence-electron chi connectivity index (χ3n) is 2.30. The maximum Gasteiger partial charge on any atom is 0.122 e. The number of halogens is 1. The van der Waals surface area contributed by atoms with Gasteiger partial charge < -0.3 is 5.11 Å². The highest BCUT2D eigenvalue weighted by atomic mass is 127. The molecule has 1 aromatic heterocycles. The van der Waals surface area contributed by atoms with Crippen LogP contribution in [0.3, 0.4) is 0 Å². The highest BCUT2D eigenvalue weighted by Gasteiger charge is 2.21. The topological polar surface area (TPSA) is 33.1 Å². The molecule has 2 nitrogen and oxygen atoms in total. The van der Waals surface area contributed by atoms with Crippen molar-refractivity contribution in [2.75, 3.05) is 0 Å². The fourth-order valence-electron chi connectivity index (χ4n) is 0.993. The van der Waals surface area contributed by atoms with E-state index in [1.54, 1.807) is 17.5 Å². The molecule has 74 valence electrons. The van der Waals surface area contributed by atoms with Crippen molar-refractivity contribution in [3.8, 4) is 0 Å². The summed E-state index contributed by atoms with van der Waals surface area (Å²) < 4.78 is 1.13. The molecule has 0 radical (unpaired) electrons. The number of rotatable bonds is 3. The average Bonchev–Trinajstić information content (AvgIpc) is 2.49. The Balaban J connectivity index is 2.73. The molecule has 0 saturated carbocycles. The SMILES string of the molecule is CC(C)C(C)C(O)c1ncc(I)s1. The molecule has 1 N–H and O–H groups in total. The zero-order valence-corrected chi connectivity index (χ0v) is 11.0. The minimum Gasteiger partial charge on any atom is -0.386 e. The molecule has 4 heteroatoms. The van der Waals surface area contributed by atoms with Crippen LogP contribution in [-0.2, 0) is 0 Å². The van der Waals surface area contributed by atoms with Gasteiger partial charge in [0.05, 0.1) is 9.08 Å². The van der Waals surface area contributed by atoms with E-state index in [0.717, 1.165) is 7.89 Å². The van der Waals surface area contributed by atoms with E-state index < -0.39 is 6.10 Å². The van der Waals surface area contributed by atoms with Gasteiger partial charge >= 0.3 is 0 Å². The summed E-state index contributed by atoms with van der Waals surface area (Å²) in [5.41, 5.74) is 0. The fourth-order valence-corrected chi connectivity index (χ4v) is 2.56. The highest BCUT2D eigenvalue weighted by Crippen LogP contribution is 2.30. The van der Waals surface area contributed by atoms with Crippen LogP contribution in [0.25, 0.3) is 0 Å². The van der Waals surface area contributed by atoms with Crippen LogP contribution in [-0.4, -0.2) is 10.1 Å². The van der Waals surface area contributed by atoms with E-state index in [1.807, 2.05) is 0 Å². The number of thiazole rings is 1. The zero-order chi connectivity index (χ0) is 10.0. The van der Waals surface area contributed by atoms with Crippen LogP contribution in [0.4, 0.5) is 0 Å². The molecule has 0 amide bonds. The van der Waals surface area contributed by atoms with E-state index >= 15 is 0 Å². The Labute approximate surface area is 96.5 Å². The smallest absolute Gasteiger partial charge is 0.122 e. The predicted molar refractivity (Wildman–Crippen MR) is 63.8 cm³/mol. The lowest BCUT2D eigenvalue weighted by Crippen LogP contribution is -2.14. The third kappa shape index (κ3) is 2.89. The minimum absolute atomic E-state index is 0.266. The largest absolute Gasteiger partial charge is 0.386 e. The van der Waals surface area contributed by atoms with Gasteiger partial charge in [-0.2, -0.15) is 0 Å². The number of hydrogen-bond acceptors (Lipinski definition) is 3. The molecule has 1 aromatic rings. The number of hydrogen-bond donors (Lipinski definition) is 1. The van der Waals surface area contributed by atoms with Crippen LogP contribution >= 0.6 is 33.9 Å². The van der Waals surface area contributed by atoms with Crippen molar-refractivity contribution in [3.63, 3.8) is 0 Å². The molecular formula is C9H14INOS. The van der Waals surface area contributed by atoms with E-state index in [-0.39, 0.29) is 5.92 Å². The Kier molecular flexibility index (Phi) is 4.12. The first-order valence-electron chi connectivity index (χ1n) is 4.31. The zero-order valence-electron chi connectivity index (χ0n) is 7.99. The lowest BCUT2D eigenvalue weighted by Gasteiger charge is -2.19. The van der Waals surface area contributed by atoms with Crippen LogP contribution in [0.2, 0.25) is 0 Å². The highest BCUT2D eigenvalue weighted by molar-refractivity contribution is 14.1. The monoisotopic (exact) mass is 311 g/mol. The van der Waals surface area contributed by atoms with Gasteiger partial charge in [-0.3, -0.25) is 0 Å². The van der Waals surface area contributed by atoms with Crippen LogP contribution in [0, 0.1) is 14.7 Å². The van der Waals surface area contributed by atoms with Crippen molar-refractivity contribution in [2.45, 2.75) is 26.9 Å². The van der Waals surface area contributed by atoms with Gasteiger partial charge in [-0.05, 0) is 34.4 Å². The summed E-state index contributed by atoms with van der Waals surface area (Å²) in [6.45, 7) is 6.29. The molecule has 0 aliphatic carbocycles. The normalized spacial score (nSPS) is 16.2. The minimum atomic E-state index is -0.409. The van der Waals surface area contributed by atoms with Crippen LogP contribution in [0.1, 0.15) is 31.9 Å². The van der Waals surface area contributed by atoms with Crippen LogP contribution in [0.5, 0.6) is 0 Å². The molecule has 1 rings (SSSR count). The van der Waals surface area contributed by atoms with E-state index in [2.05, 4.69) is 48.3 Å². The molecule has 1 heterocycles. The van der Waals surface area contributed by atoms with Gasteiger partial charge in [0.25, 0.3) is 0 Å². The molecule has 0 aliphatic rings. The first-order valence-corrected chi connectivity index (χ1v) is 6.21. The molecule has 0 aromatic carbocycles. The number of aliphatic hydroxyl groups excluding tert-OH is 1. The van der Waals surface area contributed by atoms with Gasteiger partial charge in [-0.15, -0.1) is 11.3 Å². The lowest BCUT2D eigenvalue weighted by atomic mass is 9.93. The second-order valence-corrected chi connectivity index (χ2v) is 6.51. The molecule has 2 unspecified atom stereocenters. The number of aromatic nitrogens is 1. The number of aliphatic hydroxyl groups is 1. The summed E-state index contributed by atoms with van der Waals surface area (Å²) in [7, 11) is 0. The Morgan fingerprint density at radius 3 is 2.46 bits per heavy atom. The van der Waals surface area contributed by atoms with E-state index in [0.29, 0.717) is 5.92 Å². The first kappa shape index (κ1) is 11.4. The van der Waals surface area contributed by atoms with E-state index in [9.17, 15) is 5.11 Å². The van der Waals surface area contributed by atoms with Gasteiger partial charge in [0.1, 0.15) is 11.1 Å². The Bertz CT molecular complexity index is 274. The average molecular weight is 311 g/mol. The maximum absolute atomic E-state index is 9.92. The second kappa shape index (κ2) is 4.70. The van der Waals surface area contributed by atoms with Crippen LogP contribution < -0.4 is 0 Å². The van der Waals surface area contributed by atoms with Crippen LogP contribution in [0.15, 0.2) is 6.20 Å². The summed E-state index contributed by atoms with van der Waals surface area (Å²) in [5.74, 6) is 0.749. The molecule has 2 atom stereocenters. The summed E-state index contributed by atoms with van der Waals surface area (Å²) in [5, 5.41) is 10.8. The molecule has 0 saturated heterocycles. The Morgan fingerprint density at radius 1 is 1.46 bits per heavy atom. The van der Waals surface area contributed by atoms with Crippen molar-refractivity contribution in [2.24, 2.45) is 11.8 Å². The summed E-state index contributed by atoms with van der Waals surface area (Å²) in [6, 6.07) is 0. The lowest BCUT2D eigenvalue weighted by molar-refractivity contribution is 0.0918. The van der Waals surface area contributed by atoms with Gasteiger partial charge in [0.2, 0.25) is 0 Å². The standard InChI is InChI=1S/C9H14INOS/c1-5(2)6(3)8(12)9-11-4-7(10)13-9/h4-6,8,12H,1-3H3. The maximum atomic E-state index is 9.92. The van der Waals surface area contributed by atoms with Crippen molar-refractivity contribution in [3.05, 3.63) is 14.1 Å². The Hall–Kier alpha value is 0.320. The molecule has 0 fully saturated rings. The van der Waals surface area contributed by atoms with Gasteiger partial charge in [0, 0.05) is 0 Å². The Morgan fingerprint density at radius 2 is 2.08 bits per heavy atom. The van der Waals surface area contributed by atoms with Gasteiger partial charge in [-0.1, -0.05) is 20.8 Å². The second-order valence-electron chi connectivity index (χ2n) is 3.55. The van der Waals surface area contributed by atoms with E-state index in [1.165, 1.54) is 0 Å². The molecule has 13 heavy (non-hydrogen) atoms. The predicted octanol–water partition coefficient (Wildman–Crippen LogP) is 3.07. The quantitative estimate of drug-likeness (QED) is 0.870. The summed E-state index contributed by atoms with van der Waals surface area (Å²) in [4.78, 5) is 4.18. The fraction of sp³-hybridized carbons (Fsp3) is 0.667. The van der Waals surface area contributed by atoms with Crippen molar-refractivity contribution in [1.82, 2.24) is 4.98 Å². The van der Waals surface area contributed by atoms with Crippen molar-refractivity contribution >= 4 is 33.9 Å². The van der Waals surface area contributed by atoms with E-state index in [4.69, 9.17) is 0 Å². The summed E-state index contributed by atoms with van der Waals surface area (Å²) >= 11 is 3.79. The molecule has 0 spiro atoms. The van der Waals surface area contributed by atoms with Crippen molar-refractivity contribution in [1.29, 1.82) is 0 Å². The first-order chi connectivity index (χ1) is 6.02. The number of nitrogens with zero attached hydrogens (tertiary/aromatic N) is 1. The van der Waals surface area contributed by atoms with Gasteiger partial charge in [-0.25, -0.2) is 4.98 Å².